The van der Waals surface area contributed by atoms with Gasteiger partial charge in [-0.15, -0.1) is 0 Å². The molecule has 0 heterocycles. The Labute approximate surface area is 321 Å². The van der Waals surface area contributed by atoms with Crippen LogP contribution in [0.4, 0.5) is 0 Å². The van der Waals surface area contributed by atoms with E-state index in [2.05, 4.69) is 73.1 Å². The van der Waals surface area contributed by atoms with Crippen molar-refractivity contribution in [2.24, 2.45) is 0 Å². The third kappa shape index (κ3) is 37.8. The standard InChI is InChI=1S/C42H73O10P/c1-3-5-7-9-11-13-15-17-18-19-20-22-23-25-27-29-31-33-41(45)49-37-40(38-51-53(47,48)50-36-39(44)35-43)52-42(46)34-32-30-28-26-24-21-16-14-12-10-8-6-4-2/h5,7,11,13,17-18,20,22,25,27,39-40,43-44H,3-4,6,8-10,12,14-16,19,21,23-24,26,28-38H2,1-2H3,(H,47,48)/b7-5-,13-11-,18-17-,22-20-,27-25-/t39-,40+/m0/s1. The number of hydrogen-bond donors (Lipinski definition) is 3. The van der Waals surface area contributed by atoms with Crippen LogP contribution in [-0.4, -0.2) is 65.7 Å². The number of hydrogen-bond acceptors (Lipinski definition) is 9. The van der Waals surface area contributed by atoms with Crippen LogP contribution >= 0.6 is 7.82 Å². The predicted octanol–water partition coefficient (Wildman–Crippen LogP) is 10.3. The quantitative estimate of drug-likeness (QED) is 0.0241. The number of aliphatic hydroxyl groups is 2. The van der Waals surface area contributed by atoms with Crippen molar-refractivity contribution in [1.29, 1.82) is 0 Å². The van der Waals surface area contributed by atoms with E-state index >= 15 is 0 Å². The van der Waals surface area contributed by atoms with E-state index in [1.165, 1.54) is 57.8 Å². The summed E-state index contributed by atoms with van der Waals surface area (Å²) in [5.41, 5.74) is 0. The number of ether oxygens (including phenoxy) is 2. The fraction of sp³-hybridized carbons (Fsp3) is 0.714. The summed E-state index contributed by atoms with van der Waals surface area (Å²) in [5.74, 6) is -0.995. The molecule has 53 heavy (non-hydrogen) atoms. The second-order valence-electron chi connectivity index (χ2n) is 13.3. The molecule has 10 nitrogen and oxygen atoms in total. The number of aliphatic hydroxyl groups excluding tert-OH is 2. The first kappa shape index (κ1) is 50.7. The Hall–Kier alpha value is -2.33. The lowest BCUT2D eigenvalue weighted by Gasteiger charge is -2.20. The van der Waals surface area contributed by atoms with Crippen LogP contribution in [0.5, 0.6) is 0 Å². The predicted molar refractivity (Wildman–Crippen MR) is 214 cm³/mol. The van der Waals surface area contributed by atoms with Crippen LogP contribution in [0.2, 0.25) is 0 Å². The van der Waals surface area contributed by atoms with Crippen molar-refractivity contribution in [1.82, 2.24) is 0 Å². The summed E-state index contributed by atoms with van der Waals surface area (Å²) >= 11 is 0. The molecule has 0 spiro atoms. The minimum absolute atomic E-state index is 0.162. The lowest BCUT2D eigenvalue weighted by atomic mass is 10.0. The molecule has 0 aromatic heterocycles. The molecule has 1 unspecified atom stereocenters. The van der Waals surface area contributed by atoms with E-state index in [1.807, 2.05) is 6.08 Å². The van der Waals surface area contributed by atoms with E-state index in [-0.39, 0.29) is 19.4 Å². The zero-order chi connectivity index (χ0) is 39.1. The zero-order valence-corrected chi connectivity index (χ0v) is 33.9. The van der Waals surface area contributed by atoms with Gasteiger partial charge in [-0.25, -0.2) is 4.57 Å². The number of rotatable bonds is 37. The average molecular weight is 769 g/mol. The van der Waals surface area contributed by atoms with E-state index in [0.717, 1.165) is 51.4 Å². The molecule has 0 fully saturated rings. The largest absolute Gasteiger partial charge is 0.472 e. The molecule has 0 bridgehead atoms. The van der Waals surface area contributed by atoms with Crippen LogP contribution in [-0.2, 0) is 32.7 Å². The summed E-state index contributed by atoms with van der Waals surface area (Å²) in [5, 5.41) is 18.3. The third-order valence-corrected chi connectivity index (χ3v) is 9.14. The van der Waals surface area contributed by atoms with Gasteiger partial charge >= 0.3 is 19.8 Å². The summed E-state index contributed by atoms with van der Waals surface area (Å²) < 4.78 is 32.6. The van der Waals surface area contributed by atoms with Gasteiger partial charge in [0.1, 0.15) is 12.7 Å². The highest BCUT2D eigenvalue weighted by atomic mass is 31.2. The smallest absolute Gasteiger partial charge is 0.462 e. The first-order valence-electron chi connectivity index (χ1n) is 20.2. The second kappa shape index (κ2) is 38.0. The van der Waals surface area contributed by atoms with Gasteiger partial charge in [0.05, 0.1) is 19.8 Å². The lowest BCUT2D eigenvalue weighted by molar-refractivity contribution is -0.161. The first-order valence-corrected chi connectivity index (χ1v) is 21.7. The third-order valence-electron chi connectivity index (χ3n) is 8.19. The average Bonchev–Trinajstić information content (AvgIpc) is 3.14. The topological polar surface area (TPSA) is 149 Å². The van der Waals surface area contributed by atoms with E-state index in [1.54, 1.807) is 0 Å². The van der Waals surface area contributed by atoms with E-state index in [4.69, 9.17) is 19.1 Å². The maximum absolute atomic E-state index is 12.6. The van der Waals surface area contributed by atoms with Gasteiger partial charge < -0.3 is 24.6 Å². The van der Waals surface area contributed by atoms with Crippen LogP contribution in [0.25, 0.3) is 0 Å². The Morgan fingerprint density at radius 2 is 1.04 bits per heavy atom. The number of esters is 2. The van der Waals surface area contributed by atoms with Gasteiger partial charge in [-0.1, -0.05) is 152 Å². The number of carbonyl (C=O) groups excluding carboxylic acids is 2. The molecule has 0 rings (SSSR count). The Morgan fingerprint density at radius 3 is 1.55 bits per heavy atom. The molecule has 3 N–H and O–H groups in total. The molecular formula is C42H73O10P. The van der Waals surface area contributed by atoms with Crippen LogP contribution in [0.3, 0.4) is 0 Å². The van der Waals surface area contributed by atoms with Crippen molar-refractivity contribution in [2.45, 2.75) is 167 Å². The zero-order valence-electron chi connectivity index (χ0n) is 33.0. The number of phosphoric acid groups is 1. The van der Waals surface area contributed by atoms with Crippen molar-refractivity contribution in [3.8, 4) is 0 Å². The van der Waals surface area contributed by atoms with Gasteiger partial charge in [-0.05, 0) is 51.4 Å². The normalized spacial score (nSPS) is 14.6. The monoisotopic (exact) mass is 768 g/mol. The summed E-state index contributed by atoms with van der Waals surface area (Å²) in [4.78, 5) is 34.9. The minimum Gasteiger partial charge on any atom is -0.462 e. The molecule has 306 valence electrons. The molecule has 11 heteroatoms. The molecule has 0 aliphatic carbocycles. The van der Waals surface area contributed by atoms with E-state index in [9.17, 15) is 24.2 Å². The Kier molecular flexibility index (Phi) is 36.3. The Morgan fingerprint density at radius 1 is 0.585 bits per heavy atom. The van der Waals surface area contributed by atoms with Crippen molar-refractivity contribution in [2.75, 3.05) is 26.4 Å². The molecule has 0 radical (unpaired) electrons. The van der Waals surface area contributed by atoms with E-state index < -0.39 is 51.8 Å². The highest BCUT2D eigenvalue weighted by molar-refractivity contribution is 7.47. The highest BCUT2D eigenvalue weighted by Gasteiger charge is 2.27. The molecule has 0 aliphatic heterocycles. The number of carbonyl (C=O) groups is 2. The molecule has 3 atom stereocenters. The molecular weight excluding hydrogens is 695 g/mol. The summed E-state index contributed by atoms with van der Waals surface area (Å²) in [6, 6.07) is 0. The van der Waals surface area contributed by atoms with Crippen molar-refractivity contribution >= 4 is 19.8 Å². The molecule has 0 aromatic carbocycles. The van der Waals surface area contributed by atoms with Gasteiger partial charge in [0.25, 0.3) is 0 Å². The van der Waals surface area contributed by atoms with Crippen LogP contribution in [0, 0.1) is 0 Å². The SMILES string of the molecule is CC/C=C\C/C=C\C/C=C\C/C=C\C/C=C\CCCC(=O)OC[C@H](COP(=O)(O)OC[C@@H](O)CO)OC(=O)CCCCCCCCCCCCCCC. The summed E-state index contributed by atoms with van der Waals surface area (Å²) in [7, 11) is -4.63. The highest BCUT2D eigenvalue weighted by Crippen LogP contribution is 2.43. The van der Waals surface area contributed by atoms with Gasteiger partial charge in [0.2, 0.25) is 0 Å². The fourth-order valence-electron chi connectivity index (χ4n) is 5.09. The molecule has 0 saturated heterocycles. The fourth-order valence-corrected chi connectivity index (χ4v) is 5.88. The van der Waals surface area contributed by atoms with Crippen molar-refractivity contribution in [3.63, 3.8) is 0 Å². The maximum Gasteiger partial charge on any atom is 0.472 e. The lowest BCUT2D eigenvalue weighted by Crippen LogP contribution is -2.29. The first-order chi connectivity index (χ1) is 25.7. The minimum atomic E-state index is -4.63. The van der Waals surface area contributed by atoms with E-state index in [0.29, 0.717) is 19.3 Å². The number of unbranched alkanes of at least 4 members (excludes halogenated alkanes) is 13. The van der Waals surface area contributed by atoms with Gasteiger partial charge in [-0.2, -0.15) is 0 Å². The second-order valence-corrected chi connectivity index (χ2v) is 14.7. The van der Waals surface area contributed by atoms with Crippen molar-refractivity contribution in [3.05, 3.63) is 60.8 Å². The summed E-state index contributed by atoms with van der Waals surface area (Å²) in [6.07, 6.45) is 40.5. The van der Waals surface area contributed by atoms with Gasteiger partial charge in [0.15, 0.2) is 6.10 Å². The van der Waals surface area contributed by atoms with Gasteiger partial charge in [0, 0.05) is 12.8 Å². The maximum atomic E-state index is 12.6. The summed E-state index contributed by atoms with van der Waals surface area (Å²) in [6.45, 7) is 2.18. The van der Waals surface area contributed by atoms with Crippen LogP contribution < -0.4 is 0 Å². The Balaban J connectivity index is 4.43. The molecule has 0 aromatic rings. The molecule has 0 amide bonds. The number of allylic oxidation sites excluding steroid dienone is 10. The number of phosphoric ester groups is 1. The van der Waals surface area contributed by atoms with Crippen molar-refractivity contribution < 1.29 is 47.8 Å². The van der Waals surface area contributed by atoms with Crippen LogP contribution in [0.15, 0.2) is 60.8 Å². The van der Waals surface area contributed by atoms with Gasteiger partial charge in [-0.3, -0.25) is 18.6 Å². The molecule has 0 aliphatic rings. The molecule has 0 saturated carbocycles. The van der Waals surface area contributed by atoms with Crippen LogP contribution in [0.1, 0.15) is 155 Å². The Bertz CT molecular complexity index is 1070.